The molecule has 1 amide bonds. The van der Waals surface area contributed by atoms with E-state index in [-0.39, 0.29) is 17.6 Å². The standard InChI is InChI=1S/C14H24N4O4S/c1-5-23(20,21)18-9-7-6-8-11(18)12-15-13(17-22-12)14(3,4)16-10(2)19/h11H,5-9H2,1-4H3,(H,16,19)/t11-/m1/s1. The molecular formula is C14H24N4O4S. The molecule has 1 fully saturated rings. The molecule has 0 bridgehead atoms. The van der Waals surface area contributed by atoms with E-state index in [0.717, 1.165) is 12.8 Å². The van der Waals surface area contributed by atoms with E-state index in [1.807, 2.05) is 0 Å². The van der Waals surface area contributed by atoms with E-state index in [0.29, 0.717) is 18.8 Å². The summed E-state index contributed by atoms with van der Waals surface area (Å²) in [5, 5.41) is 6.68. The second kappa shape index (κ2) is 6.56. The molecule has 0 saturated carbocycles. The molecule has 2 heterocycles. The van der Waals surface area contributed by atoms with Crippen LogP contribution in [0.25, 0.3) is 0 Å². The van der Waals surface area contributed by atoms with E-state index >= 15 is 0 Å². The lowest BCUT2D eigenvalue weighted by molar-refractivity contribution is -0.120. The fraction of sp³-hybridized carbons (Fsp3) is 0.786. The van der Waals surface area contributed by atoms with Gasteiger partial charge in [-0.3, -0.25) is 4.79 Å². The van der Waals surface area contributed by atoms with Crippen molar-refractivity contribution in [2.24, 2.45) is 0 Å². The molecule has 1 aromatic heterocycles. The summed E-state index contributed by atoms with van der Waals surface area (Å²) in [5.41, 5.74) is -0.781. The topological polar surface area (TPSA) is 105 Å². The lowest BCUT2D eigenvalue weighted by Gasteiger charge is -2.32. The van der Waals surface area contributed by atoms with Crippen LogP contribution in [-0.2, 0) is 20.4 Å². The Morgan fingerprint density at radius 2 is 2.13 bits per heavy atom. The van der Waals surface area contributed by atoms with Crippen LogP contribution < -0.4 is 5.32 Å². The maximum Gasteiger partial charge on any atom is 0.245 e. The van der Waals surface area contributed by atoms with E-state index in [1.165, 1.54) is 11.2 Å². The van der Waals surface area contributed by atoms with Crippen molar-refractivity contribution in [1.82, 2.24) is 19.8 Å². The van der Waals surface area contributed by atoms with Crippen molar-refractivity contribution in [2.75, 3.05) is 12.3 Å². The minimum absolute atomic E-state index is 0.0435. The number of hydrogen-bond donors (Lipinski definition) is 1. The molecule has 1 aliphatic heterocycles. The smallest absolute Gasteiger partial charge is 0.245 e. The second-order valence-corrected chi connectivity index (χ2v) is 8.50. The number of aromatic nitrogens is 2. The summed E-state index contributed by atoms with van der Waals surface area (Å²) < 4.78 is 31.3. The summed E-state index contributed by atoms with van der Waals surface area (Å²) in [6, 6.07) is -0.428. The van der Waals surface area contributed by atoms with Gasteiger partial charge in [0.25, 0.3) is 0 Å². The Morgan fingerprint density at radius 3 is 2.74 bits per heavy atom. The van der Waals surface area contributed by atoms with Crippen molar-refractivity contribution in [3.05, 3.63) is 11.7 Å². The average Bonchev–Trinajstić information content (AvgIpc) is 2.96. The zero-order valence-corrected chi connectivity index (χ0v) is 14.8. The number of rotatable bonds is 5. The zero-order valence-electron chi connectivity index (χ0n) is 14.0. The van der Waals surface area contributed by atoms with Gasteiger partial charge in [0, 0.05) is 13.5 Å². The number of hydrogen-bond acceptors (Lipinski definition) is 6. The number of nitrogens with zero attached hydrogens (tertiary/aromatic N) is 3. The zero-order chi connectivity index (χ0) is 17.3. The first-order chi connectivity index (χ1) is 10.7. The summed E-state index contributed by atoms with van der Waals surface area (Å²) >= 11 is 0. The Kier molecular flexibility index (Phi) is 5.10. The minimum Gasteiger partial charge on any atom is -0.344 e. The van der Waals surface area contributed by atoms with Crippen molar-refractivity contribution in [3.63, 3.8) is 0 Å². The van der Waals surface area contributed by atoms with Gasteiger partial charge in [0.05, 0.1) is 11.3 Å². The maximum absolute atomic E-state index is 12.3. The Balaban J connectivity index is 2.29. The van der Waals surface area contributed by atoms with Gasteiger partial charge in [-0.25, -0.2) is 8.42 Å². The molecule has 1 aromatic rings. The molecule has 0 radical (unpaired) electrons. The van der Waals surface area contributed by atoms with Crippen LogP contribution in [0.4, 0.5) is 0 Å². The van der Waals surface area contributed by atoms with Crippen LogP contribution in [0.1, 0.15) is 64.7 Å². The van der Waals surface area contributed by atoms with Crippen molar-refractivity contribution < 1.29 is 17.7 Å². The molecule has 130 valence electrons. The molecule has 0 unspecified atom stereocenters. The number of nitrogens with one attached hydrogen (secondary N) is 1. The van der Waals surface area contributed by atoms with Crippen LogP contribution in [0.5, 0.6) is 0 Å². The van der Waals surface area contributed by atoms with Gasteiger partial charge in [0.15, 0.2) is 5.82 Å². The first-order valence-corrected chi connectivity index (χ1v) is 9.40. The van der Waals surface area contributed by atoms with Gasteiger partial charge in [-0.15, -0.1) is 0 Å². The molecule has 1 atom stereocenters. The summed E-state index contributed by atoms with van der Waals surface area (Å²) in [6.45, 7) is 7.04. The molecule has 8 nitrogen and oxygen atoms in total. The van der Waals surface area contributed by atoms with Gasteiger partial charge >= 0.3 is 0 Å². The Bertz CT molecular complexity index is 668. The number of piperidine rings is 1. The molecule has 1 N–H and O–H groups in total. The fourth-order valence-corrected chi connectivity index (χ4v) is 4.09. The molecule has 9 heteroatoms. The number of carbonyl (C=O) groups excluding carboxylic acids is 1. The third-order valence-electron chi connectivity index (χ3n) is 3.95. The van der Waals surface area contributed by atoms with Crippen molar-refractivity contribution in [3.8, 4) is 0 Å². The van der Waals surface area contributed by atoms with E-state index in [4.69, 9.17) is 4.52 Å². The minimum atomic E-state index is -3.33. The molecular weight excluding hydrogens is 320 g/mol. The Hall–Kier alpha value is -1.48. The second-order valence-electron chi connectivity index (χ2n) is 6.29. The van der Waals surface area contributed by atoms with Gasteiger partial charge in [0.2, 0.25) is 21.8 Å². The molecule has 2 rings (SSSR count). The van der Waals surface area contributed by atoms with Crippen LogP contribution in [0.15, 0.2) is 4.52 Å². The Labute approximate surface area is 136 Å². The SMILES string of the molecule is CCS(=O)(=O)N1CCCC[C@@H]1c1nc(C(C)(C)NC(C)=O)no1. The maximum atomic E-state index is 12.3. The first-order valence-electron chi connectivity index (χ1n) is 7.79. The quantitative estimate of drug-likeness (QED) is 0.863. The summed E-state index contributed by atoms with van der Waals surface area (Å²) in [5.74, 6) is 0.466. The molecule has 1 aliphatic rings. The first kappa shape index (κ1) is 17.9. The summed E-state index contributed by atoms with van der Waals surface area (Å²) in [7, 11) is -3.33. The highest BCUT2D eigenvalue weighted by Crippen LogP contribution is 2.33. The van der Waals surface area contributed by atoms with Gasteiger partial charge in [-0.05, 0) is 33.6 Å². The van der Waals surface area contributed by atoms with Crippen LogP contribution >= 0.6 is 0 Å². The number of carbonyl (C=O) groups is 1. The molecule has 23 heavy (non-hydrogen) atoms. The van der Waals surface area contributed by atoms with E-state index in [9.17, 15) is 13.2 Å². The normalized spacial score (nSPS) is 20.4. The largest absolute Gasteiger partial charge is 0.344 e. The third kappa shape index (κ3) is 3.89. The van der Waals surface area contributed by atoms with Crippen molar-refractivity contribution in [2.45, 2.75) is 58.5 Å². The predicted octanol–water partition coefficient (Wildman–Crippen LogP) is 1.32. The van der Waals surface area contributed by atoms with E-state index < -0.39 is 21.6 Å². The molecule has 0 spiro atoms. The molecule has 0 aliphatic carbocycles. The van der Waals surface area contributed by atoms with Crippen LogP contribution in [0.2, 0.25) is 0 Å². The van der Waals surface area contributed by atoms with Gasteiger partial charge in [0.1, 0.15) is 6.04 Å². The monoisotopic (exact) mass is 344 g/mol. The van der Waals surface area contributed by atoms with Crippen LogP contribution in [-0.4, -0.2) is 41.1 Å². The molecule has 0 aromatic carbocycles. The third-order valence-corrected chi connectivity index (χ3v) is 5.83. The fourth-order valence-electron chi connectivity index (χ4n) is 2.77. The summed E-state index contributed by atoms with van der Waals surface area (Å²) in [6.07, 6.45) is 2.39. The number of sulfonamides is 1. The Morgan fingerprint density at radius 1 is 1.43 bits per heavy atom. The lowest BCUT2D eigenvalue weighted by Crippen LogP contribution is -2.41. The van der Waals surface area contributed by atoms with E-state index in [2.05, 4.69) is 15.5 Å². The highest BCUT2D eigenvalue weighted by molar-refractivity contribution is 7.89. The highest BCUT2D eigenvalue weighted by atomic mass is 32.2. The van der Waals surface area contributed by atoms with Gasteiger partial charge in [-0.1, -0.05) is 11.6 Å². The summed E-state index contributed by atoms with van der Waals surface area (Å²) in [4.78, 5) is 15.6. The van der Waals surface area contributed by atoms with Crippen LogP contribution in [0.3, 0.4) is 0 Å². The van der Waals surface area contributed by atoms with E-state index in [1.54, 1.807) is 20.8 Å². The lowest BCUT2D eigenvalue weighted by atomic mass is 10.0. The highest BCUT2D eigenvalue weighted by Gasteiger charge is 2.37. The number of amides is 1. The van der Waals surface area contributed by atoms with Gasteiger partial charge < -0.3 is 9.84 Å². The predicted molar refractivity (Wildman–Crippen MR) is 83.9 cm³/mol. The molecule has 1 saturated heterocycles. The average molecular weight is 344 g/mol. The van der Waals surface area contributed by atoms with Gasteiger partial charge in [-0.2, -0.15) is 9.29 Å². The van der Waals surface area contributed by atoms with Crippen molar-refractivity contribution >= 4 is 15.9 Å². The van der Waals surface area contributed by atoms with Crippen LogP contribution in [0, 0.1) is 0 Å². The van der Waals surface area contributed by atoms with Crippen molar-refractivity contribution in [1.29, 1.82) is 0 Å².